The molecule has 0 saturated heterocycles. The van der Waals surface area contributed by atoms with E-state index >= 15 is 0 Å². The molecule has 3 atom stereocenters. The first-order valence-corrected chi connectivity index (χ1v) is 10.4. The van der Waals surface area contributed by atoms with Gasteiger partial charge in [-0.25, -0.2) is 4.79 Å². The van der Waals surface area contributed by atoms with Crippen LogP contribution < -0.4 is 10.6 Å². The van der Waals surface area contributed by atoms with E-state index in [1.807, 2.05) is 20.8 Å². The second-order valence-corrected chi connectivity index (χ2v) is 9.24. The van der Waals surface area contributed by atoms with Gasteiger partial charge >= 0.3 is 6.09 Å². The number of carbonyl (C=O) groups is 1. The van der Waals surface area contributed by atoms with Crippen molar-refractivity contribution in [3.8, 4) is 0 Å². The fourth-order valence-corrected chi connectivity index (χ4v) is 3.88. The molecule has 148 valence electrons. The van der Waals surface area contributed by atoms with Crippen molar-refractivity contribution in [2.75, 3.05) is 6.54 Å². The third kappa shape index (κ3) is 10.7. The average Bonchev–Trinajstić information content (AvgIpc) is 2.68. The zero-order valence-electron chi connectivity index (χ0n) is 17.5. The minimum atomic E-state index is -0.444. The summed E-state index contributed by atoms with van der Waals surface area (Å²) in [5.41, 5.74) is -0.444. The van der Waals surface area contributed by atoms with Gasteiger partial charge in [0.2, 0.25) is 0 Å². The summed E-state index contributed by atoms with van der Waals surface area (Å²) in [4.78, 5) is 11.9. The van der Waals surface area contributed by atoms with Crippen molar-refractivity contribution in [2.45, 2.75) is 111 Å². The summed E-state index contributed by atoms with van der Waals surface area (Å²) in [7, 11) is 0. The van der Waals surface area contributed by atoms with Crippen LogP contribution in [-0.2, 0) is 4.74 Å². The predicted octanol–water partition coefficient (Wildman–Crippen LogP) is 5.26. The van der Waals surface area contributed by atoms with Gasteiger partial charge in [0, 0.05) is 18.6 Å². The Hall–Kier alpha value is -0.770. The Balaban J connectivity index is 2.48. The molecule has 1 rings (SSSR count). The second-order valence-electron chi connectivity index (χ2n) is 9.24. The van der Waals surface area contributed by atoms with Crippen molar-refractivity contribution < 1.29 is 9.53 Å². The lowest BCUT2D eigenvalue weighted by molar-refractivity contribution is 0.0519. The fraction of sp³-hybridized carbons (Fsp3) is 0.952. The van der Waals surface area contributed by atoms with Crippen LogP contribution in [0.4, 0.5) is 4.79 Å². The van der Waals surface area contributed by atoms with E-state index in [1.54, 1.807) is 0 Å². The molecular weight excluding hydrogens is 312 g/mol. The molecule has 1 amide bonds. The quantitative estimate of drug-likeness (QED) is 0.584. The van der Waals surface area contributed by atoms with Gasteiger partial charge in [0.1, 0.15) is 5.60 Å². The van der Waals surface area contributed by atoms with E-state index < -0.39 is 5.60 Å². The van der Waals surface area contributed by atoms with Crippen molar-refractivity contribution in [3.05, 3.63) is 0 Å². The second kappa shape index (κ2) is 11.1. The Labute approximate surface area is 155 Å². The minimum Gasteiger partial charge on any atom is -0.444 e. The highest BCUT2D eigenvalue weighted by Crippen LogP contribution is 2.27. The topological polar surface area (TPSA) is 50.4 Å². The zero-order chi connectivity index (χ0) is 18.9. The predicted molar refractivity (Wildman–Crippen MR) is 106 cm³/mol. The lowest BCUT2D eigenvalue weighted by Gasteiger charge is -2.27. The van der Waals surface area contributed by atoms with E-state index in [1.165, 1.54) is 44.9 Å². The van der Waals surface area contributed by atoms with Gasteiger partial charge in [0.15, 0.2) is 0 Å². The normalized spacial score (nSPS) is 23.2. The van der Waals surface area contributed by atoms with Gasteiger partial charge in [0.25, 0.3) is 0 Å². The lowest BCUT2D eigenvalue weighted by atomic mass is 9.95. The number of nitrogens with one attached hydrogen (secondary N) is 2. The molecular formula is C21H42N2O2. The summed E-state index contributed by atoms with van der Waals surface area (Å²) >= 11 is 0. The Bertz CT molecular complexity index is 377. The molecule has 0 aromatic heterocycles. The van der Waals surface area contributed by atoms with Gasteiger partial charge in [-0.2, -0.15) is 0 Å². The molecule has 0 aliphatic heterocycles. The van der Waals surface area contributed by atoms with Crippen LogP contribution >= 0.6 is 0 Å². The van der Waals surface area contributed by atoms with Crippen molar-refractivity contribution in [2.24, 2.45) is 11.8 Å². The molecule has 0 aromatic rings. The molecule has 3 unspecified atom stereocenters. The third-order valence-corrected chi connectivity index (χ3v) is 4.90. The highest BCUT2D eigenvalue weighted by atomic mass is 16.6. The Morgan fingerprint density at radius 1 is 1.16 bits per heavy atom. The Morgan fingerprint density at radius 3 is 2.48 bits per heavy atom. The lowest BCUT2D eigenvalue weighted by Crippen LogP contribution is -2.47. The maximum Gasteiger partial charge on any atom is 0.407 e. The van der Waals surface area contributed by atoms with Gasteiger partial charge < -0.3 is 15.4 Å². The van der Waals surface area contributed by atoms with Gasteiger partial charge in [-0.05, 0) is 58.3 Å². The van der Waals surface area contributed by atoms with E-state index in [0.29, 0.717) is 24.5 Å². The molecule has 0 heterocycles. The first-order chi connectivity index (χ1) is 11.7. The molecule has 1 saturated carbocycles. The largest absolute Gasteiger partial charge is 0.444 e. The van der Waals surface area contributed by atoms with Gasteiger partial charge in [-0.3, -0.25) is 0 Å². The molecule has 1 aliphatic rings. The molecule has 1 fully saturated rings. The van der Waals surface area contributed by atoms with E-state index in [2.05, 4.69) is 31.4 Å². The summed E-state index contributed by atoms with van der Waals surface area (Å²) in [6, 6.07) is 0.909. The van der Waals surface area contributed by atoms with Gasteiger partial charge in [-0.15, -0.1) is 0 Å². The first kappa shape index (κ1) is 22.3. The van der Waals surface area contributed by atoms with Crippen molar-refractivity contribution >= 4 is 6.09 Å². The summed E-state index contributed by atoms with van der Waals surface area (Å²) < 4.78 is 5.37. The van der Waals surface area contributed by atoms with E-state index in [4.69, 9.17) is 4.74 Å². The summed E-state index contributed by atoms with van der Waals surface area (Å²) in [5.74, 6) is 1.52. The van der Waals surface area contributed by atoms with Gasteiger partial charge in [-0.1, -0.05) is 46.5 Å². The van der Waals surface area contributed by atoms with Crippen LogP contribution in [-0.4, -0.2) is 30.3 Å². The van der Waals surface area contributed by atoms with Crippen molar-refractivity contribution in [3.63, 3.8) is 0 Å². The zero-order valence-corrected chi connectivity index (χ0v) is 17.5. The van der Waals surface area contributed by atoms with Crippen LogP contribution in [0, 0.1) is 11.8 Å². The first-order valence-electron chi connectivity index (χ1n) is 10.4. The number of alkyl carbamates (subject to hydrolysis) is 1. The number of hydrogen-bond donors (Lipinski definition) is 2. The molecule has 4 nitrogen and oxygen atoms in total. The smallest absolute Gasteiger partial charge is 0.407 e. The molecule has 1 aliphatic carbocycles. The molecule has 4 heteroatoms. The van der Waals surface area contributed by atoms with Crippen LogP contribution in [0.15, 0.2) is 0 Å². The standard InChI is InChI=1S/C21H42N2O2/c1-7-9-17-10-8-11-18(13-12-17)23-19(14-16(2)3)15-22-20(24)25-21(4,5)6/h16-19,23H,7-15H2,1-6H3,(H,22,24). The molecule has 0 spiro atoms. The van der Waals surface area contributed by atoms with E-state index in [9.17, 15) is 4.79 Å². The fourth-order valence-electron chi connectivity index (χ4n) is 3.88. The molecule has 2 N–H and O–H groups in total. The summed E-state index contributed by atoms with van der Waals surface area (Å²) in [6.07, 6.45) is 10.0. The summed E-state index contributed by atoms with van der Waals surface area (Å²) in [6.45, 7) is 13.1. The highest BCUT2D eigenvalue weighted by molar-refractivity contribution is 5.67. The highest BCUT2D eigenvalue weighted by Gasteiger charge is 2.23. The van der Waals surface area contributed by atoms with Crippen LogP contribution in [0.2, 0.25) is 0 Å². The number of amides is 1. The molecule has 0 bridgehead atoms. The number of rotatable bonds is 8. The maximum atomic E-state index is 11.9. The van der Waals surface area contributed by atoms with Crippen molar-refractivity contribution in [1.29, 1.82) is 0 Å². The SMILES string of the molecule is CCCC1CCCC(NC(CNC(=O)OC(C)(C)C)CC(C)C)CC1. The number of ether oxygens (including phenoxy) is 1. The Kier molecular flexibility index (Phi) is 9.84. The van der Waals surface area contributed by atoms with Crippen LogP contribution in [0.25, 0.3) is 0 Å². The number of hydrogen-bond acceptors (Lipinski definition) is 3. The monoisotopic (exact) mass is 354 g/mol. The van der Waals surface area contributed by atoms with Crippen molar-refractivity contribution in [1.82, 2.24) is 10.6 Å². The van der Waals surface area contributed by atoms with E-state index in [0.717, 1.165) is 12.3 Å². The summed E-state index contributed by atoms with van der Waals surface area (Å²) in [5, 5.41) is 6.79. The average molecular weight is 355 g/mol. The number of carbonyl (C=O) groups excluding carboxylic acids is 1. The molecule has 0 aromatic carbocycles. The molecule has 25 heavy (non-hydrogen) atoms. The Morgan fingerprint density at radius 2 is 1.88 bits per heavy atom. The van der Waals surface area contributed by atoms with E-state index in [-0.39, 0.29) is 6.09 Å². The van der Waals surface area contributed by atoms with Crippen LogP contribution in [0.1, 0.15) is 92.9 Å². The van der Waals surface area contributed by atoms with Crippen LogP contribution in [0.5, 0.6) is 0 Å². The molecule has 0 radical (unpaired) electrons. The third-order valence-electron chi connectivity index (χ3n) is 4.90. The van der Waals surface area contributed by atoms with Crippen LogP contribution in [0.3, 0.4) is 0 Å². The van der Waals surface area contributed by atoms with Gasteiger partial charge in [0.05, 0.1) is 0 Å². The maximum absolute atomic E-state index is 11.9. The minimum absolute atomic E-state index is 0.313.